The molecule has 1 aromatic rings. The van der Waals surface area contributed by atoms with Crippen molar-refractivity contribution in [3.05, 3.63) is 30.1 Å². The van der Waals surface area contributed by atoms with Crippen LogP contribution in [0.25, 0.3) is 0 Å². The molecule has 0 spiro atoms. The Morgan fingerprint density at radius 2 is 1.71 bits per heavy atom. The van der Waals surface area contributed by atoms with Crippen molar-refractivity contribution in [2.24, 2.45) is 5.92 Å². The van der Waals surface area contributed by atoms with E-state index in [0.29, 0.717) is 25.9 Å². The fraction of sp³-hybridized carbons (Fsp3) is 0.667. The van der Waals surface area contributed by atoms with Gasteiger partial charge in [0.15, 0.2) is 0 Å². The average molecular weight is 389 g/mol. The van der Waals surface area contributed by atoms with Crippen molar-refractivity contribution in [1.29, 1.82) is 0 Å². The number of pyridine rings is 1. The maximum Gasteiger partial charge on any atom is 0.410 e. The molecule has 0 saturated carbocycles. The zero-order chi connectivity index (χ0) is 20.1. The van der Waals surface area contributed by atoms with Gasteiger partial charge in [0.25, 0.3) is 0 Å². The van der Waals surface area contributed by atoms with Crippen molar-refractivity contribution in [2.75, 3.05) is 39.3 Å². The van der Waals surface area contributed by atoms with Crippen molar-refractivity contribution in [1.82, 2.24) is 19.7 Å². The number of carbonyl (C=O) groups excluding carboxylic acids is 2. The van der Waals surface area contributed by atoms with Gasteiger partial charge in [0, 0.05) is 57.9 Å². The Hall–Kier alpha value is -2.15. The fourth-order valence-corrected chi connectivity index (χ4v) is 3.74. The molecule has 0 atom stereocenters. The topological polar surface area (TPSA) is 66.0 Å². The minimum absolute atomic E-state index is 0.0148. The first-order chi connectivity index (χ1) is 13.3. The summed E-state index contributed by atoms with van der Waals surface area (Å²) in [6.07, 6.45) is 2.97. The maximum absolute atomic E-state index is 12.9. The third-order valence-corrected chi connectivity index (χ3v) is 5.29. The minimum Gasteiger partial charge on any atom is -0.444 e. The number of rotatable bonds is 3. The number of ether oxygens (including phenoxy) is 1. The summed E-state index contributed by atoms with van der Waals surface area (Å²) in [4.78, 5) is 35.5. The van der Waals surface area contributed by atoms with Gasteiger partial charge in [-0.05, 0) is 45.7 Å². The Morgan fingerprint density at radius 3 is 2.29 bits per heavy atom. The summed E-state index contributed by atoms with van der Waals surface area (Å²) in [6, 6.07) is 5.97. The van der Waals surface area contributed by atoms with Gasteiger partial charge in [-0.2, -0.15) is 0 Å². The van der Waals surface area contributed by atoms with Crippen LogP contribution in [0.15, 0.2) is 24.4 Å². The molecular formula is C21H32N4O3. The molecule has 7 heteroatoms. The van der Waals surface area contributed by atoms with Crippen molar-refractivity contribution in [2.45, 2.75) is 45.8 Å². The lowest BCUT2D eigenvalue weighted by Crippen LogP contribution is -2.51. The van der Waals surface area contributed by atoms with E-state index in [0.717, 1.165) is 38.4 Å². The first-order valence-electron chi connectivity index (χ1n) is 10.2. The van der Waals surface area contributed by atoms with Crippen molar-refractivity contribution < 1.29 is 14.3 Å². The first-order valence-corrected chi connectivity index (χ1v) is 10.2. The lowest BCUT2D eigenvalue weighted by molar-refractivity contribution is -0.139. The van der Waals surface area contributed by atoms with Gasteiger partial charge in [-0.25, -0.2) is 4.79 Å². The van der Waals surface area contributed by atoms with Crippen molar-refractivity contribution in [3.63, 3.8) is 0 Å². The van der Waals surface area contributed by atoms with Crippen LogP contribution in [0.2, 0.25) is 0 Å². The highest BCUT2D eigenvalue weighted by molar-refractivity contribution is 5.79. The summed E-state index contributed by atoms with van der Waals surface area (Å²) in [5.74, 6) is 0.252. The average Bonchev–Trinajstić information content (AvgIpc) is 2.68. The van der Waals surface area contributed by atoms with Crippen LogP contribution in [0.5, 0.6) is 0 Å². The number of amides is 2. The Labute approximate surface area is 167 Å². The molecular weight excluding hydrogens is 356 g/mol. The molecule has 2 amide bonds. The van der Waals surface area contributed by atoms with Crippen LogP contribution in [0.1, 0.15) is 39.3 Å². The van der Waals surface area contributed by atoms with E-state index in [1.807, 2.05) is 50.1 Å². The van der Waals surface area contributed by atoms with E-state index in [9.17, 15) is 9.59 Å². The third kappa shape index (κ3) is 5.67. The lowest BCUT2D eigenvalue weighted by Gasteiger charge is -2.38. The van der Waals surface area contributed by atoms with Crippen LogP contribution in [0.3, 0.4) is 0 Å². The van der Waals surface area contributed by atoms with E-state index < -0.39 is 5.60 Å². The zero-order valence-electron chi connectivity index (χ0n) is 17.3. The summed E-state index contributed by atoms with van der Waals surface area (Å²) in [6.45, 7) is 10.9. The van der Waals surface area contributed by atoms with Gasteiger partial charge >= 0.3 is 6.09 Å². The number of piperazine rings is 1. The van der Waals surface area contributed by atoms with Crippen LogP contribution in [-0.4, -0.2) is 76.6 Å². The largest absolute Gasteiger partial charge is 0.444 e. The Balaban J connectivity index is 1.42. The zero-order valence-corrected chi connectivity index (χ0v) is 17.3. The van der Waals surface area contributed by atoms with Gasteiger partial charge in [0.1, 0.15) is 5.60 Å². The number of hydrogen-bond acceptors (Lipinski definition) is 5. The van der Waals surface area contributed by atoms with E-state index in [2.05, 4.69) is 9.88 Å². The second kappa shape index (κ2) is 8.90. The number of piperidine rings is 1. The maximum atomic E-state index is 12.9. The fourth-order valence-electron chi connectivity index (χ4n) is 3.74. The summed E-state index contributed by atoms with van der Waals surface area (Å²) in [5, 5.41) is 0. The monoisotopic (exact) mass is 388 g/mol. The van der Waals surface area contributed by atoms with Crippen LogP contribution >= 0.6 is 0 Å². The van der Waals surface area contributed by atoms with Crippen LogP contribution < -0.4 is 0 Å². The Kier molecular flexibility index (Phi) is 6.54. The van der Waals surface area contributed by atoms with E-state index in [4.69, 9.17) is 4.74 Å². The molecule has 0 radical (unpaired) electrons. The highest BCUT2D eigenvalue weighted by Gasteiger charge is 2.33. The predicted molar refractivity (Wildman–Crippen MR) is 107 cm³/mol. The highest BCUT2D eigenvalue weighted by Crippen LogP contribution is 2.22. The molecule has 1 aromatic heterocycles. The van der Waals surface area contributed by atoms with Crippen molar-refractivity contribution in [3.8, 4) is 0 Å². The molecule has 2 aliphatic heterocycles. The van der Waals surface area contributed by atoms with E-state index in [-0.39, 0.29) is 17.9 Å². The summed E-state index contributed by atoms with van der Waals surface area (Å²) in [5.41, 5.74) is 0.579. The summed E-state index contributed by atoms with van der Waals surface area (Å²) < 4.78 is 5.43. The lowest BCUT2D eigenvalue weighted by atomic mass is 9.95. The SMILES string of the molecule is CC(C)(C)OC(=O)N1CCC(C(=O)N2CCN(Cc3ccccn3)CC2)CC1. The standard InChI is InChI=1S/C21H32N4O3/c1-21(2,3)28-20(27)25-10-7-17(8-11-25)19(26)24-14-12-23(13-15-24)16-18-6-4-5-9-22-18/h4-6,9,17H,7-8,10-16H2,1-3H3. The number of hydrogen-bond donors (Lipinski definition) is 0. The van der Waals surface area contributed by atoms with Gasteiger partial charge in [-0.1, -0.05) is 6.07 Å². The second-order valence-electron chi connectivity index (χ2n) is 8.66. The molecule has 0 aliphatic carbocycles. The quantitative estimate of drug-likeness (QED) is 0.795. The van der Waals surface area contributed by atoms with E-state index in [1.54, 1.807) is 4.90 Å². The molecule has 2 aliphatic rings. The smallest absolute Gasteiger partial charge is 0.410 e. The molecule has 0 N–H and O–H groups in total. The Bertz CT molecular complexity index is 658. The van der Waals surface area contributed by atoms with Crippen LogP contribution in [-0.2, 0) is 16.1 Å². The van der Waals surface area contributed by atoms with Gasteiger partial charge in [-0.15, -0.1) is 0 Å². The van der Waals surface area contributed by atoms with Crippen LogP contribution in [0, 0.1) is 5.92 Å². The molecule has 0 aromatic carbocycles. The number of carbonyl (C=O) groups is 2. The van der Waals surface area contributed by atoms with Gasteiger partial charge < -0.3 is 14.5 Å². The molecule has 2 fully saturated rings. The number of nitrogens with zero attached hydrogens (tertiary/aromatic N) is 4. The van der Waals surface area contributed by atoms with Gasteiger partial charge in [0.05, 0.1) is 5.69 Å². The molecule has 2 saturated heterocycles. The molecule has 3 rings (SSSR count). The molecule has 0 unspecified atom stereocenters. The summed E-state index contributed by atoms with van der Waals surface area (Å²) in [7, 11) is 0. The Morgan fingerprint density at radius 1 is 1.04 bits per heavy atom. The van der Waals surface area contributed by atoms with E-state index >= 15 is 0 Å². The molecule has 0 bridgehead atoms. The third-order valence-electron chi connectivity index (χ3n) is 5.29. The van der Waals surface area contributed by atoms with Gasteiger partial charge in [0.2, 0.25) is 5.91 Å². The molecule has 28 heavy (non-hydrogen) atoms. The molecule has 154 valence electrons. The van der Waals surface area contributed by atoms with Gasteiger partial charge in [-0.3, -0.25) is 14.7 Å². The number of likely N-dealkylation sites (tertiary alicyclic amines) is 1. The first kappa shape index (κ1) is 20.6. The van der Waals surface area contributed by atoms with Crippen LogP contribution in [0.4, 0.5) is 4.79 Å². The molecule has 3 heterocycles. The predicted octanol–water partition coefficient (Wildman–Crippen LogP) is 2.37. The van der Waals surface area contributed by atoms with Crippen molar-refractivity contribution >= 4 is 12.0 Å². The normalized spacial score (nSPS) is 19.5. The molecule has 7 nitrogen and oxygen atoms in total. The minimum atomic E-state index is -0.487. The summed E-state index contributed by atoms with van der Waals surface area (Å²) >= 11 is 0. The highest BCUT2D eigenvalue weighted by atomic mass is 16.6. The second-order valence-corrected chi connectivity index (χ2v) is 8.66. The van der Waals surface area contributed by atoms with E-state index in [1.165, 1.54) is 0 Å². The number of aromatic nitrogens is 1.